The molecule has 0 heterocycles. The summed E-state index contributed by atoms with van der Waals surface area (Å²) in [6, 6.07) is 33.2. The van der Waals surface area contributed by atoms with Crippen LogP contribution < -0.4 is 15.9 Å². The van der Waals surface area contributed by atoms with E-state index in [-0.39, 0.29) is 0 Å². The van der Waals surface area contributed by atoms with Crippen LogP contribution in [0.2, 0.25) is 0 Å². The molecule has 0 aliphatic rings. The van der Waals surface area contributed by atoms with Crippen LogP contribution in [0.4, 0.5) is 0 Å². The van der Waals surface area contributed by atoms with Gasteiger partial charge in [-0.15, -0.1) is 0 Å². The fourth-order valence-corrected chi connectivity index (χ4v) is 11.9. The van der Waals surface area contributed by atoms with E-state index in [1.807, 2.05) is 0 Å². The Bertz CT molecular complexity index is 779. The number of hydrogen-bond acceptors (Lipinski definition) is 0. The van der Waals surface area contributed by atoms with Crippen LogP contribution in [0.15, 0.2) is 103 Å². The second-order valence-corrected chi connectivity index (χ2v) is 18.1. The van der Waals surface area contributed by atoms with E-state index in [9.17, 15) is 0 Å². The Kier molecular flexibility index (Phi) is 7.74. The molecule has 0 saturated heterocycles. The van der Waals surface area contributed by atoms with E-state index < -0.39 is 4.25 Å². The zero-order valence-corrected chi connectivity index (χ0v) is 19.9. The Labute approximate surface area is 187 Å². The normalized spacial score (nSPS) is 13.3. The number of allylic oxidation sites excluding steroid dienone is 2. The van der Waals surface area contributed by atoms with Crippen molar-refractivity contribution in [3.63, 3.8) is 0 Å². The zero-order chi connectivity index (χ0) is 19.7. The molecule has 0 nitrogen and oxygen atoms in total. The van der Waals surface area contributed by atoms with Crippen molar-refractivity contribution in [1.82, 2.24) is 0 Å². The first-order chi connectivity index (χ1) is 13.7. The summed E-state index contributed by atoms with van der Waals surface area (Å²) >= 11 is 8.66. The molecule has 0 radical (unpaired) electrons. The van der Waals surface area contributed by atoms with Gasteiger partial charge < -0.3 is 0 Å². The second-order valence-electron chi connectivity index (χ2n) is 7.03. The molecule has 0 fully saturated rings. The molecule has 0 atom stereocenters. The summed E-state index contributed by atoms with van der Waals surface area (Å²) in [6.07, 6.45) is 9.10. The molecule has 0 aliphatic heterocycles. The van der Waals surface area contributed by atoms with Crippen molar-refractivity contribution in [3.05, 3.63) is 103 Å². The van der Waals surface area contributed by atoms with Crippen LogP contribution in [0.1, 0.15) is 19.3 Å². The molecule has 3 aromatic rings. The Morgan fingerprint density at radius 3 is 1.46 bits per heavy atom. The average Bonchev–Trinajstić information content (AvgIpc) is 2.78. The van der Waals surface area contributed by atoms with Gasteiger partial charge in [0.15, 0.2) is 0 Å². The fraction of sp³-hybridized carbons (Fsp3) is 0.200. The van der Waals surface area contributed by atoms with Crippen LogP contribution in [-0.2, 0) is 0 Å². The van der Waals surface area contributed by atoms with E-state index in [1.54, 1.807) is 0 Å². The molecule has 0 aliphatic carbocycles. The third kappa shape index (κ3) is 4.37. The number of benzene rings is 3. The van der Waals surface area contributed by atoms with Crippen LogP contribution in [0.25, 0.3) is 0 Å². The predicted molar refractivity (Wildman–Crippen MR) is 138 cm³/mol. The van der Waals surface area contributed by atoms with Gasteiger partial charge in [0.1, 0.15) is 0 Å². The Morgan fingerprint density at radius 1 is 0.643 bits per heavy atom. The molecular formula is C25H27ClIP. The first kappa shape index (κ1) is 21.6. The summed E-state index contributed by atoms with van der Waals surface area (Å²) in [7, 11) is 0. The van der Waals surface area contributed by atoms with Gasteiger partial charge in [0.05, 0.1) is 0 Å². The molecule has 3 rings (SSSR count). The third-order valence-electron chi connectivity index (χ3n) is 5.25. The molecule has 3 heteroatoms. The van der Waals surface area contributed by atoms with Crippen molar-refractivity contribution >= 4 is 53.8 Å². The maximum atomic E-state index is 5.83. The van der Waals surface area contributed by atoms with Crippen molar-refractivity contribution in [2.24, 2.45) is 0 Å². The molecule has 0 bridgehead atoms. The number of halogens is 2. The van der Waals surface area contributed by atoms with E-state index in [0.717, 1.165) is 31.3 Å². The monoisotopic (exact) mass is 520 g/mol. The summed E-state index contributed by atoms with van der Waals surface area (Å²) in [5, 5.41) is 4.28. The van der Waals surface area contributed by atoms with E-state index in [4.69, 9.17) is 11.6 Å². The number of alkyl halides is 1. The van der Waals surface area contributed by atoms with Crippen molar-refractivity contribution < 1.29 is 0 Å². The van der Waals surface area contributed by atoms with E-state index in [0.29, 0.717) is 0 Å². The van der Waals surface area contributed by atoms with Gasteiger partial charge in [-0.05, 0) is 0 Å². The summed E-state index contributed by atoms with van der Waals surface area (Å²) < 4.78 is -2.65. The SMILES string of the molecule is ClCCCCC=CCP(I)(c1ccccc1)(c1ccccc1)c1ccccc1. The molecular weight excluding hydrogens is 494 g/mol. The summed E-state index contributed by atoms with van der Waals surface area (Å²) in [5.74, 6) is 0.748. The van der Waals surface area contributed by atoms with Gasteiger partial charge in [-0.2, -0.15) is 0 Å². The summed E-state index contributed by atoms with van der Waals surface area (Å²) in [4.78, 5) is 0. The van der Waals surface area contributed by atoms with Crippen molar-refractivity contribution in [2.75, 3.05) is 12.0 Å². The minimum atomic E-state index is -2.65. The maximum absolute atomic E-state index is 5.83. The first-order valence-electron chi connectivity index (χ1n) is 9.81. The Morgan fingerprint density at radius 2 is 1.07 bits per heavy atom. The third-order valence-corrected chi connectivity index (χ3v) is 16.7. The average molecular weight is 521 g/mol. The van der Waals surface area contributed by atoms with Crippen LogP contribution >= 0.6 is 37.9 Å². The van der Waals surface area contributed by atoms with Gasteiger partial charge in [-0.3, -0.25) is 0 Å². The molecule has 3 aromatic carbocycles. The van der Waals surface area contributed by atoms with Gasteiger partial charge in [0.25, 0.3) is 0 Å². The van der Waals surface area contributed by atoms with E-state index >= 15 is 0 Å². The number of rotatable bonds is 9. The fourth-order valence-electron chi connectivity index (χ4n) is 3.73. The van der Waals surface area contributed by atoms with Crippen molar-refractivity contribution in [2.45, 2.75) is 19.3 Å². The Hall–Kier alpha value is -1.15. The predicted octanol–water partition coefficient (Wildman–Crippen LogP) is 6.83. The standard InChI is InChI=1S/C25H27ClIP/c26-21-13-2-1-3-14-22-28(27,23-15-7-4-8-16-23,24-17-9-5-10-18-24)25-19-11-6-12-20-25/h3-12,14-20H,1-2,13,21-22H2. The van der Waals surface area contributed by atoms with Gasteiger partial charge in [0.2, 0.25) is 0 Å². The summed E-state index contributed by atoms with van der Waals surface area (Å²) in [6.45, 7) is 0. The van der Waals surface area contributed by atoms with Crippen LogP contribution in [-0.4, -0.2) is 12.0 Å². The Balaban J connectivity index is 2.16. The van der Waals surface area contributed by atoms with Crippen LogP contribution in [0, 0.1) is 0 Å². The topological polar surface area (TPSA) is 0 Å². The molecule has 0 unspecified atom stereocenters. The van der Waals surface area contributed by atoms with Crippen molar-refractivity contribution in [3.8, 4) is 0 Å². The molecule has 0 amide bonds. The summed E-state index contributed by atoms with van der Waals surface area (Å²) in [5.41, 5.74) is 0. The van der Waals surface area contributed by atoms with Crippen molar-refractivity contribution in [1.29, 1.82) is 0 Å². The van der Waals surface area contributed by atoms with E-state index in [2.05, 4.69) is 125 Å². The first-order valence-corrected chi connectivity index (χ1v) is 15.5. The van der Waals surface area contributed by atoms with Gasteiger partial charge in [-0.1, -0.05) is 0 Å². The van der Waals surface area contributed by atoms with Crippen LogP contribution in [0.5, 0.6) is 0 Å². The van der Waals surface area contributed by atoms with E-state index in [1.165, 1.54) is 15.9 Å². The quantitative estimate of drug-likeness (QED) is 0.0953. The van der Waals surface area contributed by atoms with Gasteiger partial charge >= 0.3 is 188 Å². The molecule has 28 heavy (non-hydrogen) atoms. The molecule has 0 aromatic heterocycles. The molecule has 146 valence electrons. The molecule has 0 N–H and O–H groups in total. The minimum absolute atomic E-state index is 0.748. The van der Waals surface area contributed by atoms with Gasteiger partial charge in [-0.25, -0.2) is 0 Å². The second kappa shape index (κ2) is 10.1. The zero-order valence-electron chi connectivity index (χ0n) is 16.1. The molecule has 0 spiro atoms. The molecule has 0 saturated carbocycles. The number of unbranched alkanes of at least 4 members (excludes halogenated alkanes) is 2. The number of hydrogen-bond donors (Lipinski definition) is 0. The van der Waals surface area contributed by atoms with Gasteiger partial charge in [0, 0.05) is 0 Å². The van der Waals surface area contributed by atoms with Crippen LogP contribution in [0.3, 0.4) is 0 Å².